The third kappa shape index (κ3) is 3.03. The van der Waals surface area contributed by atoms with Crippen molar-refractivity contribution in [3.8, 4) is 16.8 Å². The quantitative estimate of drug-likeness (QED) is 0.503. The van der Waals surface area contributed by atoms with Crippen molar-refractivity contribution in [1.29, 1.82) is 0 Å². The first kappa shape index (κ1) is 16.9. The standard InChI is InChI=1S/C20H14Cl2N2O2/c21-14-3-4-16(18(22)10-14)17-5-8-24(15-6-9-26-12-15)19(17)20(25)13-2-1-7-23-11-13/h1-12,20,25H. The third-order valence-electron chi connectivity index (χ3n) is 4.19. The molecule has 130 valence electrons. The lowest BCUT2D eigenvalue weighted by Gasteiger charge is -2.17. The fourth-order valence-electron chi connectivity index (χ4n) is 2.97. The Morgan fingerprint density at radius 2 is 1.96 bits per heavy atom. The first-order valence-electron chi connectivity index (χ1n) is 7.92. The molecule has 26 heavy (non-hydrogen) atoms. The van der Waals surface area contributed by atoms with Crippen LogP contribution in [0.5, 0.6) is 0 Å². The number of aliphatic hydroxyl groups excluding tert-OH is 1. The van der Waals surface area contributed by atoms with E-state index >= 15 is 0 Å². The van der Waals surface area contributed by atoms with E-state index in [9.17, 15) is 5.11 Å². The Hall–Kier alpha value is -2.53. The summed E-state index contributed by atoms with van der Waals surface area (Å²) >= 11 is 12.4. The van der Waals surface area contributed by atoms with E-state index in [1.165, 1.54) is 0 Å². The molecule has 0 bridgehead atoms. The van der Waals surface area contributed by atoms with E-state index in [1.807, 2.05) is 35.0 Å². The highest BCUT2D eigenvalue weighted by atomic mass is 35.5. The second-order valence-corrected chi connectivity index (χ2v) is 6.62. The maximum Gasteiger partial charge on any atom is 0.121 e. The smallest absolute Gasteiger partial charge is 0.121 e. The average molecular weight is 385 g/mol. The highest BCUT2D eigenvalue weighted by Gasteiger charge is 2.23. The highest BCUT2D eigenvalue weighted by molar-refractivity contribution is 6.36. The van der Waals surface area contributed by atoms with Crippen molar-refractivity contribution in [2.45, 2.75) is 6.10 Å². The van der Waals surface area contributed by atoms with Gasteiger partial charge in [-0.1, -0.05) is 35.3 Å². The maximum atomic E-state index is 11.1. The minimum Gasteiger partial charge on any atom is -0.470 e. The molecular formula is C20H14Cl2N2O2. The highest BCUT2D eigenvalue weighted by Crippen LogP contribution is 2.38. The monoisotopic (exact) mass is 384 g/mol. The summed E-state index contributed by atoms with van der Waals surface area (Å²) in [6, 6.07) is 12.7. The minimum atomic E-state index is -0.893. The molecular weight excluding hydrogens is 371 g/mol. The number of nitrogens with zero attached hydrogens (tertiary/aromatic N) is 2. The lowest BCUT2D eigenvalue weighted by Crippen LogP contribution is -2.08. The van der Waals surface area contributed by atoms with Gasteiger partial charge in [0.15, 0.2) is 0 Å². The van der Waals surface area contributed by atoms with E-state index < -0.39 is 6.10 Å². The molecule has 4 rings (SSSR count). The molecule has 0 aliphatic rings. The summed E-state index contributed by atoms with van der Waals surface area (Å²) in [5, 5.41) is 12.2. The van der Waals surface area contributed by atoms with Crippen molar-refractivity contribution in [3.63, 3.8) is 0 Å². The van der Waals surface area contributed by atoms with Crippen molar-refractivity contribution >= 4 is 23.2 Å². The predicted molar refractivity (Wildman–Crippen MR) is 102 cm³/mol. The van der Waals surface area contributed by atoms with E-state index in [1.54, 1.807) is 43.1 Å². The van der Waals surface area contributed by atoms with Gasteiger partial charge < -0.3 is 14.1 Å². The van der Waals surface area contributed by atoms with Gasteiger partial charge in [-0.05, 0) is 24.3 Å². The first-order valence-corrected chi connectivity index (χ1v) is 8.68. The van der Waals surface area contributed by atoms with Crippen LogP contribution in [0.3, 0.4) is 0 Å². The molecule has 3 heterocycles. The molecule has 0 saturated carbocycles. The molecule has 1 N–H and O–H groups in total. The molecule has 4 aromatic rings. The van der Waals surface area contributed by atoms with Crippen LogP contribution in [0.1, 0.15) is 17.4 Å². The summed E-state index contributed by atoms with van der Waals surface area (Å²) < 4.78 is 7.08. The van der Waals surface area contributed by atoms with Crippen LogP contribution < -0.4 is 0 Å². The number of hydrogen-bond acceptors (Lipinski definition) is 3. The van der Waals surface area contributed by atoms with Gasteiger partial charge in [0.25, 0.3) is 0 Å². The number of hydrogen-bond donors (Lipinski definition) is 1. The van der Waals surface area contributed by atoms with Crippen molar-refractivity contribution in [3.05, 3.63) is 94.9 Å². The molecule has 1 unspecified atom stereocenters. The Morgan fingerprint density at radius 3 is 2.65 bits per heavy atom. The van der Waals surface area contributed by atoms with Gasteiger partial charge in [-0.15, -0.1) is 0 Å². The van der Waals surface area contributed by atoms with Crippen LogP contribution in [-0.2, 0) is 0 Å². The molecule has 0 aliphatic heterocycles. The molecule has 0 fully saturated rings. The Balaban J connectivity index is 1.93. The van der Waals surface area contributed by atoms with Crippen LogP contribution in [0.25, 0.3) is 16.8 Å². The van der Waals surface area contributed by atoms with Crippen LogP contribution in [0.2, 0.25) is 10.0 Å². The summed E-state index contributed by atoms with van der Waals surface area (Å²) in [7, 11) is 0. The van der Waals surface area contributed by atoms with E-state index in [0.717, 1.165) is 16.8 Å². The topological polar surface area (TPSA) is 51.2 Å². The summed E-state index contributed by atoms with van der Waals surface area (Å²) in [5.74, 6) is 0. The van der Waals surface area contributed by atoms with Crippen LogP contribution in [-0.4, -0.2) is 14.7 Å². The Kier molecular flexibility index (Phi) is 4.55. The fourth-order valence-corrected chi connectivity index (χ4v) is 3.48. The van der Waals surface area contributed by atoms with Crippen LogP contribution in [0.15, 0.2) is 78.0 Å². The number of pyridine rings is 1. The zero-order chi connectivity index (χ0) is 18.1. The minimum absolute atomic E-state index is 0.516. The largest absolute Gasteiger partial charge is 0.470 e. The Bertz CT molecular complexity index is 1030. The number of halogens is 2. The Morgan fingerprint density at radius 1 is 1.08 bits per heavy atom. The molecule has 0 radical (unpaired) electrons. The lowest BCUT2D eigenvalue weighted by molar-refractivity contribution is 0.213. The van der Waals surface area contributed by atoms with Crippen LogP contribution in [0.4, 0.5) is 0 Å². The number of rotatable bonds is 4. The van der Waals surface area contributed by atoms with Gasteiger partial charge >= 0.3 is 0 Å². The van der Waals surface area contributed by atoms with Gasteiger partial charge in [0.05, 0.1) is 17.6 Å². The maximum absolute atomic E-state index is 11.1. The van der Waals surface area contributed by atoms with E-state index in [0.29, 0.717) is 21.3 Å². The van der Waals surface area contributed by atoms with Gasteiger partial charge in [0.2, 0.25) is 0 Å². The number of benzene rings is 1. The van der Waals surface area contributed by atoms with Gasteiger partial charge in [0, 0.05) is 51.4 Å². The zero-order valence-corrected chi connectivity index (χ0v) is 15.0. The third-order valence-corrected chi connectivity index (χ3v) is 4.74. The molecule has 3 aromatic heterocycles. The summed E-state index contributed by atoms with van der Waals surface area (Å²) in [4.78, 5) is 4.11. The van der Waals surface area contributed by atoms with E-state index in [-0.39, 0.29) is 0 Å². The fraction of sp³-hybridized carbons (Fsp3) is 0.0500. The molecule has 0 aliphatic carbocycles. The van der Waals surface area contributed by atoms with Crippen molar-refractivity contribution in [2.75, 3.05) is 0 Å². The summed E-state index contributed by atoms with van der Waals surface area (Å²) in [6.45, 7) is 0. The van der Waals surface area contributed by atoms with Crippen molar-refractivity contribution in [1.82, 2.24) is 9.55 Å². The van der Waals surface area contributed by atoms with Crippen molar-refractivity contribution < 1.29 is 9.52 Å². The SMILES string of the molecule is OC(c1cccnc1)c1c(-c2ccc(Cl)cc2Cl)ccn1-c1ccoc1. The van der Waals surface area contributed by atoms with E-state index in [4.69, 9.17) is 27.6 Å². The Labute approximate surface area is 160 Å². The summed E-state index contributed by atoms with van der Waals surface area (Å²) in [5.41, 5.74) is 3.76. The zero-order valence-electron chi connectivity index (χ0n) is 13.5. The second-order valence-electron chi connectivity index (χ2n) is 5.78. The molecule has 4 nitrogen and oxygen atoms in total. The second kappa shape index (κ2) is 7.00. The molecule has 0 spiro atoms. The number of furan rings is 1. The first-order chi connectivity index (χ1) is 12.6. The van der Waals surface area contributed by atoms with Crippen LogP contribution in [0, 0.1) is 0 Å². The van der Waals surface area contributed by atoms with Crippen molar-refractivity contribution in [2.24, 2.45) is 0 Å². The van der Waals surface area contributed by atoms with Gasteiger partial charge in [-0.3, -0.25) is 4.98 Å². The lowest BCUT2D eigenvalue weighted by atomic mass is 9.99. The van der Waals surface area contributed by atoms with E-state index in [2.05, 4.69) is 4.98 Å². The number of aromatic nitrogens is 2. The predicted octanol–water partition coefficient (Wildman–Crippen LogP) is 5.52. The summed E-state index contributed by atoms with van der Waals surface area (Å²) in [6.07, 6.45) is 7.50. The van der Waals surface area contributed by atoms with Gasteiger partial charge in [-0.25, -0.2) is 0 Å². The van der Waals surface area contributed by atoms with Crippen LogP contribution >= 0.6 is 23.2 Å². The van der Waals surface area contributed by atoms with Gasteiger partial charge in [0.1, 0.15) is 12.4 Å². The molecule has 0 saturated heterocycles. The number of aliphatic hydroxyl groups is 1. The molecule has 1 aromatic carbocycles. The molecule has 1 atom stereocenters. The van der Waals surface area contributed by atoms with Gasteiger partial charge in [-0.2, -0.15) is 0 Å². The normalized spacial score (nSPS) is 12.3. The molecule has 6 heteroatoms. The molecule has 0 amide bonds. The average Bonchev–Trinajstić information content (AvgIpc) is 3.31.